The van der Waals surface area contributed by atoms with Gasteiger partial charge in [0.05, 0.1) is 7.11 Å². The van der Waals surface area contributed by atoms with Crippen LogP contribution in [0.4, 0.5) is 0 Å². The summed E-state index contributed by atoms with van der Waals surface area (Å²) in [6.45, 7) is 6.42. The molecule has 18 heavy (non-hydrogen) atoms. The predicted molar refractivity (Wildman–Crippen MR) is 71.3 cm³/mol. The van der Waals surface area contributed by atoms with Crippen molar-refractivity contribution < 1.29 is 9.53 Å². The highest BCUT2D eigenvalue weighted by molar-refractivity contribution is 5.82. The summed E-state index contributed by atoms with van der Waals surface area (Å²) in [5.74, 6) is 1.07. The highest BCUT2D eigenvalue weighted by Gasteiger charge is 2.52. The van der Waals surface area contributed by atoms with Crippen LogP contribution >= 0.6 is 0 Å². The van der Waals surface area contributed by atoms with Crippen LogP contribution in [0.5, 0.6) is 0 Å². The zero-order chi connectivity index (χ0) is 13.3. The number of likely N-dealkylation sites (N-methyl/N-ethyl adjacent to an activating group) is 1. The average molecular weight is 254 g/mol. The van der Waals surface area contributed by atoms with Crippen molar-refractivity contribution in [3.63, 3.8) is 0 Å². The second-order valence-electron chi connectivity index (χ2n) is 6.11. The molecule has 0 radical (unpaired) electrons. The van der Waals surface area contributed by atoms with E-state index in [1.807, 2.05) is 7.05 Å². The third kappa shape index (κ3) is 2.41. The normalized spacial score (nSPS) is 32.2. The first-order valence-electron chi connectivity index (χ1n) is 7.05. The van der Waals surface area contributed by atoms with Gasteiger partial charge >= 0.3 is 5.97 Å². The standard InChI is InChI=1S/C14H26N2O2/c1-10-7-11(2)16(8-10)9-14(15-3,12-5-6-12)13(17)18-4/h10-12,15H,5-9H2,1-4H3. The van der Waals surface area contributed by atoms with E-state index in [2.05, 4.69) is 24.1 Å². The van der Waals surface area contributed by atoms with Crippen LogP contribution in [-0.4, -0.2) is 49.7 Å². The van der Waals surface area contributed by atoms with Gasteiger partial charge in [0.25, 0.3) is 0 Å². The van der Waals surface area contributed by atoms with E-state index in [0.29, 0.717) is 12.0 Å². The van der Waals surface area contributed by atoms with E-state index in [1.165, 1.54) is 13.5 Å². The lowest BCUT2D eigenvalue weighted by Gasteiger charge is -2.36. The Kier molecular flexibility index (Phi) is 3.97. The summed E-state index contributed by atoms with van der Waals surface area (Å²) in [7, 11) is 3.38. The Hall–Kier alpha value is -0.610. The molecule has 2 rings (SSSR count). The van der Waals surface area contributed by atoms with Crippen LogP contribution in [0, 0.1) is 11.8 Å². The SMILES string of the molecule is CNC(CN1CC(C)CC1C)(C(=O)OC)C1CC1. The van der Waals surface area contributed by atoms with Gasteiger partial charge in [-0.2, -0.15) is 0 Å². The molecule has 2 aliphatic rings. The number of hydrogen-bond donors (Lipinski definition) is 1. The lowest BCUT2D eigenvalue weighted by atomic mass is 9.92. The lowest BCUT2D eigenvalue weighted by molar-refractivity contribution is -0.150. The number of nitrogens with one attached hydrogen (secondary N) is 1. The molecule has 4 heteroatoms. The number of nitrogens with zero attached hydrogens (tertiary/aromatic N) is 1. The van der Waals surface area contributed by atoms with Crippen molar-refractivity contribution in [1.82, 2.24) is 10.2 Å². The highest BCUT2D eigenvalue weighted by atomic mass is 16.5. The number of likely N-dealkylation sites (tertiary alicyclic amines) is 1. The van der Waals surface area contributed by atoms with Crippen LogP contribution < -0.4 is 5.32 Å². The molecule has 0 amide bonds. The molecule has 0 aromatic heterocycles. The molecular formula is C14H26N2O2. The fraction of sp³-hybridized carbons (Fsp3) is 0.929. The van der Waals surface area contributed by atoms with Crippen LogP contribution in [0.3, 0.4) is 0 Å². The van der Waals surface area contributed by atoms with E-state index in [-0.39, 0.29) is 5.97 Å². The first kappa shape index (κ1) is 13.8. The van der Waals surface area contributed by atoms with Gasteiger partial charge in [0.2, 0.25) is 0 Å². The Balaban J connectivity index is 2.12. The first-order valence-corrected chi connectivity index (χ1v) is 7.05. The molecule has 1 saturated heterocycles. The third-order valence-corrected chi connectivity index (χ3v) is 4.64. The molecular weight excluding hydrogens is 228 g/mol. The number of esters is 1. The Labute approximate surface area is 110 Å². The quantitative estimate of drug-likeness (QED) is 0.750. The van der Waals surface area contributed by atoms with Gasteiger partial charge in [0, 0.05) is 19.1 Å². The molecule has 1 N–H and O–H groups in total. The summed E-state index contributed by atoms with van der Waals surface area (Å²) in [6, 6.07) is 0.566. The highest BCUT2D eigenvalue weighted by Crippen LogP contribution is 2.41. The van der Waals surface area contributed by atoms with Gasteiger partial charge in [0.1, 0.15) is 5.54 Å². The fourth-order valence-corrected chi connectivity index (χ4v) is 3.43. The average Bonchev–Trinajstić information content (AvgIpc) is 3.13. The van der Waals surface area contributed by atoms with Crippen LogP contribution in [0.15, 0.2) is 0 Å². The summed E-state index contributed by atoms with van der Waals surface area (Å²) in [4.78, 5) is 14.7. The largest absolute Gasteiger partial charge is 0.468 e. The van der Waals surface area contributed by atoms with E-state index >= 15 is 0 Å². The van der Waals surface area contributed by atoms with Crippen molar-refractivity contribution in [2.75, 3.05) is 27.2 Å². The van der Waals surface area contributed by atoms with Crippen molar-refractivity contribution in [2.45, 2.75) is 44.7 Å². The number of ether oxygens (including phenoxy) is 1. The number of rotatable bonds is 5. The van der Waals surface area contributed by atoms with Crippen molar-refractivity contribution in [2.24, 2.45) is 11.8 Å². The van der Waals surface area contributed by atoms with Crippen molar-refractivity contribution in [3.8, 4) is 0 Å². The maximum absolute atomic E-state index is 12.2. The van der Waals surface area contributed by atoms with Crippen LogP contribution in [-0.2, 0) is 9.53 Å². The minimum Gasteiger partial charge on any atom is -0.468 e. The maximum atomic E-state index is 12.2. The Morgan fingerprint density at radius 2 is 2.11 bits per heavy atom. The predicted octanol–water partition coefficient (Wildman–Crippen LogP) is 1.26. The first-order chi connectivity index (χ1) is 8.53. The van der Waals surface area contributed by atoms with Gasteiger partial charge in [-0.05, 0) is 45.1 Å². The number of carbonyl (C=O) groups is 1. The van der Waals surface area contributed by atoms with E-state index in [0.717, 1.165) is 31.8 Å². The molecule has 0 bridgehead atoms. The van der Waals surface area contributed by atoms with Gasteiger partial charge < -0.3 is 10.1 Å². The zero-order valence-electron chi connectivity index (χ0n) is 12.0. The van der Waals surface area contributed by atoms with Gasteiger partial charge in [-0.1, -0.05) is 6.92 Å². The molecule has 104 valence electrons. The lowest BCUT2D eigenvalue weighted by Crippen LogP contribution is -2.60. The minimum atomic E-state index is -0.493. The van der Waals surface area contributed by atoms with Crippen LogP contribution in [0.2, 0.25) is 0 Å². The minimum absolute atomic E-state index is 0.0979. The summed E-state index contributed by atoms with van der Waals surface area (Å²) < 4.78 is 5.05. The molecule has 4 nitrogen and oxygen atoms in total. The molecule has 1 aliphatic carbocycles. The number of carbonyl (C=O) groups excluding carboxylic acids is 1. The Bertz CT molecular complexity index is 317. The second kappa shape index (κ2) is 5.17. The molecule has 1 aliphatic heterocycles. The Morgan fingerprint density at radius 3 is 2.50 bits per heavy atom. The maximum Gasteiger partial charge on any atom is 0.327 e. The fourth-order valence-electron chi connectivity index (χ4n) is 3.43. The summed E-state index contributed by atoms with van der Waals surface area (Å²) in [6.07, 6.45) is 3.49. The van der Waals surface area contributed by atoms with Crippen molar-refractivity contribution >= 4 is 5.97 Å². The van der Waals surface area contributed by atoms with Crippen molar-refractivity contribution in [1.29, 1.82) is 0 Å². The molecule has 0 aromatic rings. The second-order valence-corrected chi connectivity index (χ2v) is 6.11. The molecule has 0 spiro atoms. The van der Waals surface area contributed by atoms with Gasteiger partial charge in [-0.25, -0.2) is 4.79 Å². The number of hydrogen-bond acceptors (Lipinski definition) is 4. The summed E-state index contributed by atoms with van der Waals surface area (Å²) >= 11 is 0. The van der Waals surface area contributed by atoms with Crippen LogP contribution in [0.1, 0.15) is 33.1 Å². The zero-order valence-corrected chi connectivity index (χ0v) is 12.0. The van der Waals surface area contributed by atoms with Gasteiger partial charge in [-0.3, -0.25) is 4.90 Å². The van der Waals surface area contributed by atoms with E-state index in [9.17, 15) is 4.79 Å². The molecule has 1 saturated carbocycles. The van der Waals surface area contributed by atoms with E-state index in [1.54, 1.807) is 0 Å². The molecule has 0 aromatic carbocycles. The summed E-state index contributed by atoms with van der Waals surface area (Å²) in [5.41, 5.74) is -0.493. The van der Waals surface area contributed by atoms with Gasteiger partial charge in [-0.15, -0.1) is 0 Å². The molecule has 1 heterocycles. The smallest absolute Gasteiger partial charge is 0.327 e. The molecule has 3 unspecified atom stereocenters. The van der Waals surface area contributed by atoms with Gasteiger partial charge in [0.15, 0.2) is 0 Å². The Morgan fingerprint density at radius 1 is 1.44 bits per heavy atom. The monoisotopic (exact) mass is 254 g/mol. The molecule has 3 atom stereocenters. The summed E-state index contributed by atoms with van der Waals surface area (Å²) in [5, 5.41) is 3.27. The number of methoxy groups -OCH3 is 1. The van der Waals surface area contributed by atoms with Crippen molar-refractivity contribution in [3.05, 3.63) is 0 Å². The topological polar surface area (TPSA) is 41.6 Å². The van der Waals surface area contributed by atoms with E-state index in [4.69, 9.17) is 4.74 Å². The third-order valence-electron chi connectivity index (χ3n) is 4.64. The van der Waals surface area contributed by atoms with E-state index < -0.39 is 5.54 Å². The molecule has 2 fully saturated rings. The van der Waals surface area contributed by atoms with Crippen LogP contribution in [0.25, 0.3) is 0 Å².